The number of rotatable bonds is 10. The van der Waals surface area contributed by atoms with E-state index in [-0.39, 0.29) is 35.6 Å². The van der Waals surface area contributed by atoms with Gasteiger partial charge in [-0.2, -0.15) is 0 Å². The Morgan fingerprint density at radius 1 is 1.09 bits per heavy atom. The molecule has 0 saturated heterocycles. The van der Waals surface area contributed by atoms with E-state index in [1.165, 1.54) is 31.2 Å². The molecular formula is C22H29N3O6S. The van der Waals surface area contributed by atoms with Crippen LogP contribution in [0.1, 0.15) is 55.0 Å². The fourth-order valence-electron chi connectivity index (χ4n) is 3.44. The largest absolute Gasteiger partial charge is 0.457 e. The molecule has 0 fully saturated rings. The maximum atomic E-state index is 12.4. The molecular weight excluding hydrogens is 434 g/mol. The zero-order valence-electron chi connectivity index (χ0n) is 18.9. The molecule has 1 heterocycles. The highest BCUT2D eigenvalue weighted by Crippen LogP contribution is 2.20. The minimum absolute atomic E-state index is 0.00402. The minimum Gasteiger partial charge on any atom is -0.457 e. The van der Waals surface area contributed by atoms with Gasteiger partial charge in [0.25, 0.3) is 0 Å². The third-order valence-corrected chi connectivity index (χ3v) is 6.25. The van der Waals surface area contributed by atoms with Gasteiger partial charge in [-0.15, -0.1) is 0 Å². The van der Waals surface area contributed by atoms with Crippen molar-refractivity contribution < 1.29 is 27.5 Å². The average Bonchev–Trinajstić information content (AvgIpc) is 3.00. The van der Waals surface area contributed by atoms with E-state index in [1.807, 2.05) is 32.3 Å². The number of sulfonamides is 1. The zero-order valence-corrected chi connectivity index (χ0v) is 19.7. The molecule has 0 saturated carbocycles. The van der Waals surface area contributed by atoms with Gasteiger partial charge in [-0.05, 0) is 58.0 Å². The van der Waals surface area contributed by atoms with E-state index in [1.54, 1.807) is 6.07 Å². The lowest BCUT2D eigenvalue weighted by molar-refractivity contribution is -0.142. The number of hydrogen-bond donors (Lipinski definition) is 2. The highest BCUT2D eigenvalue weighted by Gasteiger charge is 2.19. The summed E-state index contributed by atoms with van der Waals surface area (Å²) in [6.07, 6.45) is -0.221. The second-order valence-corrected chi connectivity index (χ2v) is 9.45. The van der Waals surface area contributed by atoms with Gasteiger partial charge in [-0.3, -0.25) is 14.4 Å². The number of esters is 1. The number of Topliss-reactive ketones (excluding diaryl/α,β-unsaturated/α-hetero) is 1. The molecule has 1 amide bonds. The van der Waals surface area contributed by atoms with Gasteiger partial charge in [0.05, 0.1) is 11.3 Å². The summed E-state index contributed by atoms with van der Waals surface area (Å²) in [6, 6.07) is 7.60. The summed E-state index contributed by atoms with van der Waals surface area (Å²) in [5.41, 5.74) is 2.74. The van der Waals surface area contributed by atoms with Crippen LogP contribution in [0.5, 0.6) is 0 Å². The molecule has 10 heteroatoms. The van der Waals surface area contributed by atoms with Gasteiger partial charge in [0.2, 0.25) is 21.7 Å². The molecule has 32 heavy (non-hydrogen) atoms. The van der Waals surface area contributed by atoms with Crippen molar-refractivity contribution >= 4 is 33.4 Å². The Hall–Kier alpha value is -2.98. The number of benzene rings is 1. The van der Waals surface area contributed by atoms with E-state index in [4.69, 9.17) is 4.74 Å². The van der Waals surface area contributed by atoms with E-state index in [2.05, 4.69) is 10.0 Å². The van der Waals surface area contributed by atoms with Crippen molar-refractivity contribution in [2.75, 3.05) is 18.5 Å². The zero-order chi connectivity index (χ0) is 24.1. The molecule has 1 aromatic carbocycles. The number of nitrogens with one attached hydrogen (secondary N) is 2. The Balaban J connectivity index is 1.85. The van der Waals surface area contributed by atoms with Crippen LogP contribution in [0, 0.1) is 13.8 Å². The summed E-state index contributed by atoms with van der Waals surface area (Å²) in [6.45, 7) is 8.57. The van der Waals surface area contributed by atoms with E-state index >= 15 is 0 Å². The number of nitrogens with zero attached hydrogens (tertiary/aromatic N) is 1. The first kappa shape index (κ1) is 25.3. The van der Waals surface area contributed by atoms with Gasteiger partial charge < -0.3 is 14.6 Å². The first-order valence-electron chi connectivity index (χ1n) is 10.2. The number of carbonyl (C=O) groups is 3. The molecule has 0 unspecified atom stereocenters. The highest BCUT2D eigenvalue weighted by molar-refractivity contribution is 7.89. The smallest absolute Gasteiger partial charge is 0.307 e. The van der Waals surface area contributed by atoms with Gasteiger partial charge in [-0.1, -0.05) is 0 Å². The lowest BCUT2D eigenvalue weighted by Gasteiger charge is -2.13. The number of aryl methyl sites for hydroxylation is 1. The van der Waals surface area contributed by atoms with Crippen LogP contribution < -0.4 is 10.0 Å². The summed E-state index contributed by atoms with van der Waals surface area (Å²) < 4.78 is 34.0. The van der Waals surface area contributed by atoms with E-state index in [9.17, 15) is 22.8 Å². The third-order valence-electron chi connectivity index (χ3n) is 4.77. The molecule has 1 aromatic heterocycles. The SMILES string of the molecule is CC(=O)Nc1ccc(S(=O)(=O)NCCC(=O)OCC(=O)c2cc(C)n(C(C)C)c2C)cc1. The first-order chi connectivity index (χ1) is 14.9. The fraction of sp³-hybridized carbons (Fsp3) is 0.409. The maximum Gasteiger partial charge on any atom is 0.307 e. The van der Waals surface area contributed by atoms with Gasteiger partial charge in [-0.25, -0.2) is 13.1 Å². The van der Waals surface area contributed by atoms with Gasteiger partial charge in [0.15, 0.2) is 6.61 Å². The summed E-state index contributed by atoms with van der Waals surface area (Å²) in [4.78, 5) is 35.4. The molecule has 9 nitrogen and oxygen atoms in total. The fourth-order valence-corrected chi connectivity index (χ4v) is 4.47. The minimum atomic E-state index is -3.83. The summed E-state index contributed by atoms with van der Waals surface area (Å²) in [5, 5.41) is 2.55. The van der Waals surface area contributed by atoms with Crippen molar-refractivity contribution in [1.29, 1.82) is 0 Å². The standard InChI is InChI=1S/C22H29N3O6S/c1-14(2)25-15(3)12-20(16(25)4)21(27)13-31-22(28)10-11-23-32(29,30)19-8-6-18(7-9-19)24-17(5)26/h6-9,12,14,23H,10-11,13H2,1-5H3,(H,24,26). The van der Waals surface area contributed by atoms with E-state index in [0.29, 0.717) is 11.3 Å². The van der Waals surface area contributed by atoms with Crippen LogP contribution in [0.3, 0.4) is 0 Å². The predicted molar refractivity (Wildman–Crippen MR) is 120 cm³/mol. The van der Waals surface area contributed by atoms with E-state index in [0.717, 1.165) is 11.4 Å². The number of anilines is 1. The van der Waals surface area contributed by atoms with Gasteiger partial charge in [0.1, 0.15) is 0 Å². The molecule has 2 aromatic rings. The third kappa shape index (κ3) is 6.51. The summed E-state index contributed by atoms with van der Waals surface area (Å²) in [5.74, 6) is -1.25. The molecule has 0 aliphatic rings. The molecule has 0 spiro atoms. The van der Waals surface area contributed by atoms with Crippen LogP contribution in [0.25, 0.3) is 0 Å². The van der Waals surface area contributed by atoms with Crippen molar-refractivity contribution in [3.63, 3.8) is 0 Å². The normalized spacial score (nSPS) is 11.4. The van der Waals surface area contributed by atoms with Crippen molar-refractivity contribution in [2.45, 2.75) is 52.0 Å². The molecule has 0 aliphatic heterocycles. The van der Waals surface area contributed by atoms with Crippen LogP contribution in [-0.2, 0) is 24.3 Å². The van der Waals surface area contributed by atoms with Crippen LogP contribution in [0.4, 0.5) is 5.69 Å². The van der Waals surface area contributed by atoms with Gasteiger partial charge in [0, 0.05) is 42.1 Å². The molecule has 0 aliphatic carbocycles. The van der Waals surface area contributed by atoms with Crippen molar-refractivity contribution in [2.24, 2.45) is 0 Å². The van der Waals surface area contributed by atoms with Crippen molar-refractivity contribution in [1.82, 2.24) is 9.29 Å². The second-order valence-electron chi connectivity index (χ2n) is 7.69. The van der Waals surface area contributed by atoms with Crippen molar-refractivity contribution in [3.8, 4) is 0 Å². The molecule has 0 radical (unpaired) electrons. The Labute approximate surface area is 188 Å². The highest BCUT2D eigenvalue weighted by atomic mass is 32.2. The quantitative estimate of drug-likeness (QED) is 0.412. The monoisotopic (exact) mass is 463 g/mol. The molecule has 0 bridgehead atoms. The van der Waals surface area contributed by atoms with Crippen LogP contribution >= 0.6 is 0 Å². The van der Waals surface area contributed by atoms with E-state index < -0.39 is 22.6 Å². The number of amides is 1. The average molecular weight is 464 g/mol. The molecule has 2 rings (SSSR count). The second kappa shape index (κ2) is 10.6. The first-order valence-corrected chi connectivity index (χ1v) is 11.6. The molecule has 0 atom stereocenters. The number of carbonyl (C=O) groups excluding carboxylic acids is 3. The number of hydrogen-bond acceptors (Lipinski definition) is 6. The topological polar surface area (TPSA) is 124 Å². The van der Waals surface area contributed by atoms with Gasteiger partial charge >= 0.3 is 5.97 Å². The number of ketones is 1. The lowest BCUT2D eigenvalue weighted by atomic mass is 10.1. The van der Waals surface area contributed by atoms with Crippen LogP contribution in [-0.4, -0.2) is 43.8 Å². The Morgan fingerprint density at radius 2 is 1.72 bits per heavy atom. The van der Waals surface area contributed by atoms with Crippen LogP contribution in [0.15, 0.2) is 35.2 Å². The van der Waals surface area contributed by atoms with Crippen molar-refractivity contribution in [3.05, 3.63) is 47.3 Å². The Kier molecular flexibility index (Phi) is 8.34. The molecule has 2 N–H and O–H groups in total. The Bertz CT molecular complexity index is 1100. The molecule has 174 valence electrons. The maximum absolute atomic E-state index is 12.4. The lowest BCUT2D eigenvalue weighted by Crippen LogP contribution is -2.27. The summed E-state index contributed by atoms with van der Waals surface area (Å²) in [7, 11) is -3.83. The number of ether oxygens (including phenoxy) is 1. The Morgan fingerprint density at radius 3 is 2.25 bits per heavy atom. The summed E-state index contributed by atoms with van der Waals surface area (Å²) >= 11 is 0. The number of aromatic nitrogens is 1. The predicted octanol–water partition coefficient (Wildman–Crippen LogP) is 2.74. The van der Waals surface area contributed by atoms with Crippen LogP contribution in [0.2, 0.25) is 0 Å².